The van der Waals surface area contributed by atoms with Gasteiger partial charge in [0.25, 0.3) is 0 Å². The van der Waals surface area contributed by atoms with Crippen molar-refractivity contribution in [2.75, 3.05) is 5.32 Å². The highest BCUT2D eigenvalue weighted by Crippen LogP contribution is 2.13. The first-order valence-corrected chi connectivity index (χ1v) is 6.25. The van der Waals surface area contributed by atoms with Crippen LogP contribution in [0.25, 0.3) is 0 Å². The number of nitrogens with one attached hydrogen (secondary N) is 1. The second-order valence-corrected chi connectivity index (χ2v) is 4.57. The molecule has 4 heteroatoms. The molecule has 84 valence electrons. The maximum Gasteiger partial charge on any atom is 0.0926 e. The van der Waals surface area contributed by atoms with Gasteiger partial charge in [-0.1, -0.05) is 6.92 Å². The molecule has 3 nitrogen and oxygen atoms in total. The number of rotatable bonds is 4. The van der Waals surface area contributed by atoms with Gasteiger partial charge in [-0.25, -0.2) is 4.98 Å². The maximum absolute atomic E-state index is 4.51. The van der Waals surface area contributed by atoms with E-state index in [4.69, 9.17) is 0 Å². The molecule has 0 amide bonds. The summed E-state index contributed by atoms with van der Waals surface area (Å²) in [4.78, 5) is 8.67. The van der Waals surface area contributed by atoms with E-state index in [1.165, 1.54) is 5.01 Å². The van der Waals surface area contributed by atoms with Crippen LogP contribution < -0.4 is 5.32 Å². The fourth-order valence-corrected chi connectivity index (χ4v) is 2.19. The third-order valence-electron chi connectivity index (χ3n) is 2.27. The van der Waals surface area contributed by atoms with E-state index in [0.717, 1.165) is 30.0 Å². The van der Waals surface area contributed by atoms with Crippen molar-refractivity contribution in [3.63, 3.8) is 0 Å². The molecular weight excluding hydrogens is 218 g/mol. The van der Waals surface area contributed by atoms with Gasteiger partial charge >= 0.3 is 0 Å². The Morgan fingerprint density at radius 2 is 2.31 bits per heavy atom. The topological polar surface area (TPSA) is 37.8 Å². The first-order chi connectivity index (χ1) is 7.78. The van der Waals surface area contributed by atoms with E-state index in [0.29, 0.717) is 0 Å². The van der Waals surface area contributed by atoms with Crippen LogP contribution in [0.2, 0.25) is 0 Å². The van der Waals surface area contributed by atoms with Crippen LogP contribution in [0, 0.1) is 6.92 Å². The molecule has 2 rings (SSSR count). The third kappa shape index (κ3) is 2.79. The number of hydrogen-bond acceptors (Lipinski definition) is 4. The van der Waals surface area contributed by atoms with Gasteiger partial charge in [0.2, 0.25) is 0 Å². The molecule has 0 radical (unpaired) electrons. The summed E-state index contributed by atoms with van der Waals surface area (Å²) in [5, 5.41) is 6.65. The molecule has 0 bridgehead atoms. The van der Waals surface area contributed by atoms with E-state index < -0.39 is 0 Å². The molecule has 0 saturated heterocycles. The molecule has 0 saturated carbocycles. The van der Waals surface area contributed by atoms with Crippen LogP contribution in [0.4, 0.5) is 5.69 Å². The van der Waals surface area contributed by atoms with Gasteiger partial charge in [0.15, 0.2) is 0 Å². The zero-order valence-corrected chi connectivity index (χ0v) is 10.3. The van der Waals surface area contributed by atoms with E-state index in [-0.39, 0.29) is 0 Å². The molecular formula is C12H15N3S. The summed E-state index contributed by atoms with van der Waals surface area (Å²) < 4.78 is 0. The number of hydrogen-bond donors (Lipinski definition) is 1. The van der Waals surface area contributed by atoms with Crippen LogP contribution in [0.3, 0.4) is 0 Å². The fraction of sp³-hybridized carbons (Fsp3) is 0.333. The summed E-state index contributed by atoms with van der Waals surface area (Å²) in [5.74, 6) is 0. The highest BCUT2D eigenvalue weighted by atomic mass is 32.1. The Hall–Kier alpha value is -1.42. The number of thiazole rings is 1. The lowest BCUT2D eigenvalue weighted by Gasteiger charge is -2.04. The molecule has 2 aromatic rings. The van der Waals surface area contributed by atoms with Crippen molar-refractivity contribution in [1.82, 2.24) is 9.97 Å². The highest BCUT2D eigenvalue weighted by Gasteiger charge is 2.00. The van der Waals surface area contributed by atoms with Gasteiger partial charge in [-0.2, -0.15) is 0 Å². The van der Waals surface area contributed by atoms with Crippen LogP contribution in [-0.4, -0.2) is 9.97 Å². The van der Waals surface area contributed by atoms with Crippen molar-refractivity contribution in [3.05, 3.63) is 40.1 Å². The summed E-state index contributed by atoms with van der Waals surface area (Å²) >= 11 is 1.72. The molecule has 0 aliphatic carbocycles. The van der Waals surface area contributed by atoms with Crippen molar-refractivity contribution >= 4 is 17.0 Å². The van der Waals surface area contributed by atoms with Gasteiger partial charge in [0, 0.05) is 23.0 Å². The van der Waals surface area contributed by atoms with Crippen molar-refractivity contribution in [1.29, 1.82) is 0 Å². The van der Waals surface area contributed by atoms with Gasteiger partial charge < -0.3 is 5.32 Å². The molecule has 0 aromatic carbocycles. The van der Waals surface area contributed by atoms with E-state index in [1.54, 1.807) is 11.3 Å². The normalized spacial score (nSPS) is 10.4. The second kappa shape index (κ2) is 5.07. The lowest BCUT2D eigenvalue weighted by molar-refractivity contribution is 1.01. The van der Waals surface area contributed by atoms with E-state index in [9.17, 15) is 0 Å². The minimum Gasteiger partial charge on any atom is -0.379 e. The standard InChI is InChI=1S/C12H15N3S/c1-3-12-15-11(8-16-12)7-14-10-4-5-13-9(2)6-10/h4-6,8H,3,7H2,1-2H3,(H,13,14). The molecule has 0 fully saturated rings. The monoisotopic (exact) mass is 233 g/mol. The summed E-state index contributed by atoms with van der Waals surface area (Å²) in [6.07, 6.45) is 2.83. The Labute approximate surface area is 99.6 Å². The Kier molecular flexibility index (Phi) is 3.51. The molecule has 2 aromatic heterocycles. The average Bonchev–Trinajstić information content (AvgIpc) is 2.74. The van der Waals surface area contributed by atoms with Crippen LogP contribution in [-0.2, 0) is 13.0 Å². The van der Waals surface area contributed by atoms with E-state index >= 15 is 0 Å². The zero-order chi connectivity index (χ0) is 11.4. The number of aromatic nitrogens is 2. The SMILES string of the molecule is CCc1nc(CNc2ccnc(C)c2)cs1. The minimum absolute atomic E-state index is 0.778. The fourth-order valence-electron chi connectivity index (χ4n) is 1.44. The van der Waals surface area contributed by atoms with Crippen molar-refractivity contribution < 1.29 is 0 Å². The zero-order valence-electron chi connectivity index (χ0n) is 9.53. The number of pyridine rings is 1. The first kappa shape index (κ1) is 11.1. The van der Waals surface area contributed by atoms with E-state index in [1.807, 2.05) is 25.3 Å². The minimum atomic E-state index is 0.778. The smallest absolute Gasteiger partial charge is 0.0926 e. The molecule has 2 heterocycles. The Bertz CT molecular complexity index is 465. The molecule has 0 spiro atoms. The van der Waals surface area contributed by atoms with Gasteiger partial charge in [-0.15, -0.1) is 11.3 Å². The summed E-state index contributed by atoms with van der Waals surface area (Å²) in [5.41, 5.74) is 3.23. The Morgan fingerprint density at radius 3 is 3.00 bits per heavy atom. The Morgan fingerprint density at radius 1 is 1.44 bits per heavy atom. The van der Waals surface area contributed by atoms with Gasteiger partial charge in [0.1, 0.15) is 0 Å². The maximum atomic E-state index is 4.51. The predicted octanol–water partition coefficient (Wildman–Crippen LogP) is 3.02. The van der Waals surface area contributed by atoms with Crippen LogP contribution >= 0.6 is 11.3 Å². The highest BCUT2D eigenvalue weighted by molar-refractivity contribution is 7.09. The second-order valence-electron chi connectivity index (χ2n) is 3.63. The predicted molar refractivity (Wildman–Crippen MR) is 67.8 cm³/mol. The van der Waals surface area contributed by atoms with Crippen LogP contribution in [0.5, 0.6) is 0 Å². The summed E-state index contributed by atoms with van der Waals surface area (Å²) in [6, 6.07) is 4.01. The third-order valence-corrected chi connectivity index (χ3v) is 3.31. The van der Waals surface area contributed by atoms with Crippen LogP contribution in [0.15, 0.2) is 23.7 Å². The van der Waals surface area contributed by atoms with Gasteiger partial charge in [0.05, 0.1) is 17.2 Å². The number of nitrogens with zero attached hydrogens (tertiary/aromatic N) is 2. The molecule has 0 unspecified atom stereocenters. The average molecular weight is 233 g/mol. The van der Waals surface area contributed by atoms with Crippen molar-refractivity contribution in [2.24, 2.45) is 0 Å². The molecule has 0 atom stereocenters. The summed E-state index contributed by atoms with van der Waals surface area (Å²) in [7, 11) is 0. The number of anilines is 1. The lowest BCUT2D eigenvalue weighted by atomic mass is 10.3. The van der Waals surface area contributed by atoms with Crippen molar-refractivity contribution in [2.45, 2.75) is 26.8 Å². The quantitative estimate of drug-likeness (QED) is 0.882. The van der Waals surface area contributed by atoms with Crippen molar-refractivity contribution in [3.8, 4) is 0 Å². The largest absolute Gasteiger partial charge is 0.379 e. The molecule has 16 heavy (non-hydrogen) atoms. The molecule has 1 N–H and O–H groups in total. The molecule has 0 aliphatic heterocycles. The molecule has 0 aliphatic rings. The number of aryl methyl sites for hydroxylation is 2. The van der Waals surface area contributed by atoms with Gasteiger partial charge in [-0.05, 0) is 25.5 Å². The Balaban J connectivity index is 1.96. The summed E-state index contributed by atoms with van der Waals surface area (Å²) in [6.45, 7) is 4.89. The lowest BCUT2D eigenvalue weighted by Crippen LogP contribution is -2.00. The van der Waals surface area contributed by atoms with Crippen LogP contribution in [0.1, 0.15) is 23.3 Å². The van der Waals surface area contributed by atoms with Gasteiger partial charge in [-0.3, -0.25) is 4.98 Å². The first-order valence-electron chi connectivity index (χ1n) is 5.37. The van der Waals surface area contributed by atoms with E-state index in [2.05, 4.69) is 27.6 Å².